The van der Waals surface area contributed by atoms with Gasteiger partial charge in [-0.2, -0.15) is 0 Å². The van der Waals surface area contributed by atoms with Crippen LogP contribution in [0.4, 0.5) is 0 Å². The minimum Gasteiger partial charge on any atom is -0.363 e. The van der Waals surface area contributed by atoms with Gasteiger partial charge in [-0.25, -0.2) is 0 Å². The van der Waals surface area contributed by atoms with Gasteiger partial charge in [-0.15, -0.1) is 12.4 Å². The molecule has 35 heavy (non-hydrogen) atoms. The molecule has 0 aliphatic heterocycles. The Balaban J connectivity index is 0.00000612. The molecule has 0 bridgehead atoms. The van der Waals surface area contributed by atoms with E-state index in [9.17, 15) is 0 Å². The number of ether oxygens (including phenoxy) is 1. The molecule has 0 amide bonds. The summed E-state index contributed by atoms with van der Waals surface area (Å²) in [6, 6.07) is 17.4. The molecule has 2 nitrogen and oxygen atoms in total. The Bertz CT molecular complexity index is 730. The highest BCUT2D eigenvalue weighted by molar-refractivity contribution is 5.85. The number of hydrogen-bond acceptors (Lipinski definition) is 2. The van der Waals surface area contributed by atoms with E-state index in [4.69, 9.17) is 4.74 Å². The SMILES string of the molecule is CCCCCCCCCCCCCCOC(C)N(Cc1ccccc1C)Cc1ccccc1C.Cl. The third-order valence-electron chi connectivity index (χ3n) is 7.14. The second-order valence-corrected chi connectivity index (χ2v) is 10.1. The van der Waals surface area contributed by atoms with Gasteiger partial charge < -0.3 is 4.74 Å². The molecule has 0 aliphatic carbocycles. The van der Waals surface area contributed by atoms with Crippen LogP contribution in [0.2, 0.25) is 0 Å². The average molecular weight is 502 g/mol. The lowest BCUT2D eigenvalue weighted by molar-refractivity contribution is -0.0576. The standard InChI is InChI=1S/C32H51NO.ClH/c1-5-6-7-8-9-10-11-12-13-14-15-20-25-34-30(4)33(26-31-23-18-16-21-28(31)2)27-32-24-19-17-22-29(32)3;/h16-19,21-24,30H,5-15,20,25-27H2,1-4H3;1H. The minimum absolute atomic E-state index is 0. The van der Waals surface area contributed by atoms with Crippen molar-refractivity contribution in [2.75, 3.05) is 6.61 Å². The van der Waals surface area contributed by atoms with E-state index in [1.807, 2.05) is 0 Å². The number of aryl methyl sites for hydroxylation is 2. The zero-order valence-electron chi connectivity index (χ0n) is 23.1. The van der Waals surface area contributed by atoms with E-state index in [1.54, 1.807) is 0 Å². The fraction of sp³-hybridized carbons (Fsp3) is 0.625. The molecule has 0 aliphatic rings. The summed E-state index contributed by atoms with van der Waals surface area (Å²) >= 11 is 0. The van der Waals surface area contributed by atoms with Crippen LogP contribution in [0.5, 0.6) is 0 Å². The molecule has 0 spiro atoms. The Hall–Kier alpha value is -1.35. The summed E-state index contributed by atoms with van der Waals surface area (Å²) in [5.74, 6) is 0. The third kappa shape index (κ3) is 13.5. The molecule has 0 N–H and O–H groups in total. The summed E-state index contributed by atoms with van der Waals surface area (Å²) in [4.78, 5) is 2.48. The number of unbranched alkanes of at least 4 members (excludes halogenated alkanes) is 11. The number of rotatable bonds is 19. The summed E-state index contributed by atoms with van der Waals surface area (Å²) in [5.41, 5.74) is 5.48. The van der Waals surface area contributed by atoms with Crippen LogP contribution >= 0.6 is 12.4 Å². The number of benzene rings is 2. The van der Waals surface area contributed by atoms with E-state index < -0.39 is 0 Å². The van der Waals surface area contributed by atoms with Crippen LogP contribution < -0.4 is 0 Å². The van der Waals surface area contributed by atoms with Crippen molar-refractivity contribution in [1.82, 2.24) is 4.90 Å². The first-order valence-corrected chi connectivity index (χ1v) is 14.1. The summed E-state index contributed by atoms with van der Waals surface area (Å²) in [7, 11) is 0. The topological polar surface area (TPSA) is 12.5 Å². The number of halogens is 1. The van der Waals surface area contributed by atoms with Gasteiger partial charge in [0.1, 0.15) is 6.23 Å². The third-order valence-corrected chi connectivity index (χ3v) is 7.14. The fourth-order valence-corrected chi connectivity index (χ4v) is 4.63. The summed E-state index contributed by atoms with van der Waals surface area (Å²) in [6.07, 6.45) is 16.6. The van der Waals surface area contributed by atoms with Crippen LogP contribution in [-0.2, 0) is 17.8 Å². The first-order valence-electron chi connectivity index (χ1n) is 14.1. The van der Waals surface area contributed by atoms with Crippen molar-refractivity contribution in [1.29, 1.82) is 0 Å². The van der Waals surface area contributed by atoms with E-state index in [0.717, 1.165) is 19.7 Å². The Labute approximate surface area is 223 Å². The molecule has 2 aromatic rings. The molecule has 1 unspecified atom stereocenters. The fourth-order valence-electron chi connectivity index (χ4n) is 4.63. The predicted molar refractivity (Wildman–Crippen MR) is 155 cm³/mol. The lowest BCUT2D eigenvalue weighted by Gasteiger charge is -2.30. The highest BCUT2D eigenvalue weighted by Gasteiger charge is 2.17. The van der Waals surface area contributed by atoms with Gasteiger partial charge >= 0.3 is 0 Å². The van der Waals surface area contributed by atoms with Crippen molar-refractivity contribution >= 4 is 12.4 Å². The smallest absolute Gasteiger partial charge is 0.108 e. The van der Waals surface area contributed by atoms with Gasteiger partial charge in [0.25, 0.3) is 0 Å². The van der Waals surface area contributed by atoms with E-state index in [-0.39, 0.29) is 18.6 Å². The lowest BCUT2D eigenvalue weighted by atomic mass is 10.1. The molecular weight excluding hydrogens is 450 g/mol. The monoisotopic (exact) mass is 501 g/mol. The van der Waals surface area contributed by atoms with Gasteiger partial charge in [0.2, 0.25) is 0 Å². The van der Waals surface area contributed by atoms with Gasteiger partial charge in [0, 0.05) is 19.7 Å². The van der Waals surface area contributed by atoms with Gasteiger partial charge in [0.05, 0.1) is 0 Å². The predicted octanol–water partition coefficient (Wildman–Crippen LogP) is 9.79. The summed E-state index contributed by atoms with van der Waals surface area (Å²) < 4.78 is 6.35. The van der Waals surface area contributed by atoms with E-state index in [1.165, 1.54) is 99.3 Å². The lowest BCUT2D eigenvalue weighted by Crippen LogP contribution is -2.35. The molecule has 2 aromatic carbocycles. The van der Waals surface area contributed by atoms with Crippen molar-refractivity contribution in [3.63, 3.8) is 0 Å². The maximum atomic E-state index is 6.35. The van der Waals surface area contributed by atoms with E-state index >= 15 is 0 Å². The summed E-state index contributed by atoms with van der Waals surface area (Å²) in [6.45, 7) is 11.6. The van der Waals surface area contributed by atoms with Gasteiger partial charge in [-0.3, -0.25) is 4.90 Å². The van der Waals surface area contributed by atoms with Crippen LogP contribution in [0.15, 0.2) is 48.5 Å². The largest absolute Gasteiger partial charge is 0.363 e. The first kappa shape index (κ1) is 31.7. The summed E-state index contributed by atoms with van der Waals surface area (Å²) in [5, 5.41) is 0. The Morgan fingerprint density at radius 2 is 1.03 bits per heavy atom. The maximum absolute atomic E-state index is 6.35. The second-order valence-electron chi connectivity index (χ2n) is 10.1. The molecule has 0 heterocycles. The Kier molecular flexibility index (Phi) is 17.9. The second kappa shape index (κ2) is 19.8. The molecule has 198 valence electrons. The van der Waals surface area contributed by atoms with Crippen LogP contribution in [0.25, 0.3) is 0 Å². The Morgan fingerprint density at radius 1 is 0.629 bits per heavy atom. The zero-order valence-corrected chi connectivity index (χ0v) is 23.9. The average Bonchev–Trinajstić information content (AvgIpc) is 2.84. The normalized spacial score (nSPS) is 12.0. The van der Waals surface area contributed by atoms with Crippen molar-refractivity contribution in [2.24, 2.45) is 0 Å². The van der Waals surface area contributed by atoms with E-state index in [2.05, 4.69) is 81.1 Å². The van der Waals surface area contributed by atoms with Crippen LogP contribution in [0.3, 0.4) is 0 Å². The Morgan fingerprint density at radius 3 is 1.46 bits per heavy atom. The van der Waals surface area contributed by atoms with E-state index in [0.29, 0.717) is 0 Å². The zero-order chi connectivity index (χ0) is 24.4. The molecule has 0 aromatic heterocycles. The van der Waals surface area contributed by atoms with Gasteiger partial charge in [-0.05, 0) is 49.4 Å². The molecule has 0 saturated heterocycles. The molecule has 0 saturated carbocycles. The molecule has 0 radical (unpaired) electrons. The van der Waals surface area contributed by atoms with Crippen molar-refractivity contribution in [3.05, 3.63) is 70.8 Å². The molecule has 2 rings (SSSR count). The number of nitrogens with zero attached hydrogens (tertiary/aromatic N) is 1. The van der Waals surface area contributed by atoms with Crippen molar-refractivity contribution < 1.29 is 4.74 Å². The van der Waals surface area contributed by atoms with Crippen molar-refractivity contribution in [2.45, 2.75) is 124 Å². The molecule has 1 atom stereocenters. The van der Waals surface area contributed by atoms with Crippen LogP contribution in [-0.4, -0.2) is 17.7 Å². The molecular formula is C32H52ClNO. The first-order chi connectivity index (χ1) is 16.6. The van der Waals surface area contributed by atoms with Crippen LogP contribution in [0.1, 0.15) is 113 Å². The highest BCUT2D eigenvalue weighted by atomic mass is 35.5. The molecule has 0 fully saturated rings. The van der Waals surface area contributed by atoms with Gasteiger partial charge in [-0.1, -0.05) is 126 Å². The minimum atomic E-state index is 0. The molecule has 3 heteroatoms. The van der Waals surface area contributed by atoms with Gasteiger partial charge in [0.15, 0.2) is 0 Å². The highest BCUT2D eigenvalue weighted by Crippen LogP contribution is 2.19. The van der Waals surface area contributed by atoms with Crippen LogP contribution in [0, 0.1) is 13.8 Å². The quantitative estimate of drug-likeness (QED) is 0.140. The number of hydrogen-bond donors (Lipinski definition) is 0. The maximum Gasteiger partial charge on any atom is 0.108 e. The van der Waals surface area contributed by atoms with Crippen molar-refractivity contribution in [3.8, 4) is 0 Å².